The summed E-state index contributed by atoms with van der Waals surface area (Å²) in [7, 11) is -2.15. The van der Waals surface area contributed by atoms with Crippen molar-refractivity contribution in [3.8, 4) is 0 Å². The van der Waals surface area contributed by atoms with Crippen molar-refractivity contribution in [1.29, 1.82) is 0 Å². The molecule has 3 heterocycles. The van der Waals surface area contributed by atoms with Gasteiger partial charge in [-0.05, 0) is 0 Å². The summed E-state index contributed by atoms with van der Waals surface area (Å²) in [6.45, 7) is 5.87. The van der Waals surface area contributed by atoms with Gasteiger partial charge in [0.1, 0.15) is 0 Å². The van der Waals surface area contributed by atoms with Gasteiger partial charge in [-0.3, -0.25) is 0 Å². The highest BCUT2D eigenvalue weighted by Crippen LogP contribution is 2.38. The van der Waals surface area contributed by atoms with E-state index in [1.165, 1.54) is 0 Å². The minimum absolute atomic E-state index is 0.840. The largest absolute Gasteiger partial charge is 0.569 e. The van der Waals surface area contributed by atoms with E-state index in [0.717, 1.165) is 43.6 Å². The highest BCUT2D eigenvalue weighted by Gasteiger charge is 2.62. The first-order valence-corrected chi connectivity index (χ1v) is 5.82. The van der Waals surface area contributed by atoms with E-state index in [1.54, 1.807) is 0 Å². The molecule has 3 aliphatic rings. The topological polar surface area (TPSA) is 27.7 Å². The van der Waals surface area contributed by atoms with Crippen LogP contribution in [0, 0.1) is 0 Å². The maximum atomic E-state index is 5.65. The summed E-state index contributed by atoms with van der Waals surface area (Å²) in [5, 5.41) is 0. The summed E-state index contributed by atoms with van der Waals surface area (Å²) in [5.74, 6) is 0. The number of quaternary nitrogens is 1. The van der Waals surface area contributed by atoms with Crippen LogP contribution in [0.15, 0.2) is 0 Å². The minimum Gasteiger partial charge on any atom is -0.471 e. The zero-order valence-electron chi connectivity index (χ0n) is 6.41. The van der Waals surface area contributed by atoms with E-state index in [1.807, 2.05) is 0 Å². The monoisotopic (exact) mass is 174 g/mol. The molecule has 3 fully saturated rings. The van der Waals surface area contributed by atoms with Crippen molar-refractivity contribution >= 4 is 8.97 Å². The number of hydrogen-bond acceptors (Lipinski definition) is 3. The van der Waals surface area contributed by atoms with Gasteiger partial charge in [0, 0.05) is 0 Å². The molecule has 4 nitrogen and oxygen atoms in total. The van der Waals surface area contributed by atoms with Gasteiger partial charge in [0.25, 0.3) is 0 Å². The molecule has 5 heteroatoms. The summed E-state index contributed by atoms with van der Waals surface area (Å²) in [5.41, 5.74) is 0. The molecular formula is C6H12NO3Si. The van der Waals surface area contributed by atoms with Crippen LogP contribution in [-0.2, 0) is 13.3 Å². The third kappa shape index (κ3) is 0.597. The fourth-order valence-electron chi connectivity index (χ4n) is 2.33. The van der Waals surface area contributed by atoms with E-state index in [0.29, 0.717) is 0 Å². The maximum absolute atomic E-state index is 5.65. The van der Waals surface area contributed by atoms with Crippen LogP contribution in [0.2, 0.25) is 0 Å². The predicted molar refractivity (Wildman–Crippen MR) is 38.5 cm³/mol. The second-order valence-electron chi connectivity index (χ2n) is 3.39. The molecular weight excluding hydrogens is 162 g/mol. The number of nitrogens with zero attached hydrogens (tertiary/aromatic N) is 1. The summed E-state index contributed by atoms with van der Waals surface area (Å²) >= 11 is 0. The van der Waals surface area contributed by atoms with E-state index in [2.05, 4.69) is 0 Å². The molecule has 0 bridgehead atoms. The molecule has 0 amide bonds. The first-order chi connectivity index (χ1) is 5.37. The van der Waals surface area contributed by atoms with Crippen LogP contribution in [-0.4, -0.2) is 52.6 Å². The highest BCUT2D eigenvalue weighted by molar-refractivity contribution is 6.54. The van der Waals surface area contributed by atoms with Gasteiger partial charge in [0.15, 0.2) is 0 Å². The van der Waals surface area contributed by atoms with Crippen LogP contribution in [0.1, 0.15) is 0 Å². The third-order valence-electron chi connectivity index (χ3n) is 2.99. The zero-order valence-corrected chi connectivity index (χ0v) is 7.41. The Morgan fingerprint density at radius 2 is 1.27 bits per heavy atom. The molecule has 0 spiro atoms. The average Bonchev–Trinajstić information content (AvgIpc) is 2.40. The summed E-state index contributed by atoms with van der Waals surface area (Å²) in [6.07, 6.45) is 0. The van der Waals surface area contributed by atoms with Gasteiger partial charge in [-0.15, -0.1) is 0 Å². The Hall–Kier alpha value is 0.0569. The molecule has 63 valence electrons. The first kappa shape index (κ1) is 6.56. The standard InChI is InChI=1S/C6H12NO3Si/c1-4-8-11-7(1,2-5-9-11)3-6-10-11/h1-6H2. The van der Waals surface area contributed by atoms with Crippen LogP contribution in [0.3, 0.4) is 0 Å². The molecule has 0 atom stereocenters. The van der Waals surface area contributed by atoms with E-state index in [9.17, 15) is 0 Å². The Bertz CT molecular complexity index is 151. The van der Waals surface area contributed by atoms with E-state index in [4.69, 9.17) is 13.3 Å². The van der Waals surface area contributed by atoms with Gasteiger partial charge in [0.05, 0.1) is 39.5 Å². The summed E-state index contributed by atoms with van der Waals surface area (Å²) in [6, 6.07) is 0. The lowest BCUT2D eigenvalue weighted by atomic mass is 10.4. The van der Waals surface area contributed by atoms with Gasteiger partial charge in [0.2, 0.25) is 0 Å². The van der Waals surface area contributed by atoms with Crippen molar-refractivity contribution < 1.29 is 17.4 Å². The summed E-state index contributed by atoms with van der Waals surface area (Å²) in [4.78, 5) is 0. The fraction of sp³-hybridized carbons (Fsp3) is 1.00. The zero-order chi connectivity index (χ0) is 7.36. The molecule has 0 saturated carbocycles. The molecule has 11 heavy (non-hydrogen) atoms. The number of hydrogen-bond donors (Lipinski definition) is 0. The van der Waals surface area contributed by atoms with Gasteiger partial charge >= 0.3 is 8.97 Å². The molecule has 3 saturated heterocycles. The van der Waals surface area contributed by atoms with Crippen molar-refractivity contribution in [1.82, 2.24) is 0 Å². The Balaban J connectivity index is 2.06. The first-order valence-electron chi connectivity index (χ1n) is 4.15. The lowest BCUT2D eigenvalue weighted by Crippen LogP contribution is -2.59. The molecule has 3 aliphatic heterocycles. The van der Waals surface area contributed by atoms with Crippen molar-refractivity contribution in [2.45, 2.75) is 0 Å². The average molecular weight is 174 g/mol. The van der Waals surface area contributed by atoms with Crippen LogP contribution < -0.4 is 0 Å². The maximum Gasteiger partial charge on any atom is 0.569 e. The van der Waals surface area contributed by atoms with Gasteiger partial charge in [-0.1, -0.05) is 0 Å². The van der Waals surface area contributed by atoms with Crippen LogP contribution >= 0.6 is 0 Å². The second kappa shape index (κ2) is 1.86. The molecule has 0 aromatic carbocycles. The van der Waals surface area contributed by atoms with E-state index in [-0.39, 0.29) is 0 Å². The Labute approximate surface area is 66.7 Å². The van der Waals surface area contributed by atoms with Gasteiger partial charge < -0.3 is 17.4 Å². The molecule has 0 unspecified atom stereocenters. The summed E-state index contributed by atoms with van der Waals surface area (Å²) < 4.78 is 18.0. The van der Waals surface area contributed by atoms with Gasteiger partial charge in [-0.25, -0.2) is 0 Å². The van der Waals surface area contributed by atoms with E-state index < -0.39 is 8.97 Å². The quantitative estimate of drug-likeness (QED) is 0.456. The third-order valence-corrected chi connectivity index (χ3v) is 6.53. The van der Waals surface area contributed by atoms with Crippen LogP contribution in [0.25, 0.3) is 0 Å². The Morgan fingerprint density at radius 3 is 1.64 bits per heavy atom. The normalized spacial score (nSPS) is 54.5. The lowest BCUT2D eigenvalue weighted by molar-refractivity contribution is -0.815. The predicted octanol–water partition coefficient (Wildman–Crippen LogP) is -0.671. The fourth-order valence-corrected chi connectivity index (χ4v) is 5.54. The Kier molecular flexibility index (Phi) is 1.11. The van der Waals surface area contributed by atoms with Crippen LogP contribution in [0.5, 0.6) is 0 Å². The Morgan fingerprint density at radius 1 is 0.818 bits per heavy atom. The SMILES string of the molecule is C1C[N+]23CCO[Si-]2(O1)OCC3. The van der Waals surface area contributed by atoms with E-state index >= 15 is 0 Å². The molecule has 0 aromatic rings. The molecule has 0 radical (unpaired) electrons. The second-order valence-corrected chi connectivity index (χ2v) is 6.25. The molecule has 0 aromatic heterocycles. The van der Waals surface area contributed by atoms with Crippen LogP contribution in [0.4, 0.5) is 0 Å². The molecule has 0 aliphatic carbocycles. The van der Waals surface area contributed by atoms with Crippen molar-refractivity contribution in [3.63, 3.8) is 0 Å². The van der Waals surface area contributed by atoms with Crippen molar-refractivity contribution in [2.75, 3.05) is 39.5 Å². The smallest absolute Gasteiger partial charge is 0.471 e. The highest BCUT2D eigenvalue weighted by atomic mass is 28.4. The molecule has 3 rings (SSSR count). The number of rotatable bonds is 0. The van der Waals surface area contributed by atoms with Crippen molar-refractivity contribution in [2.24, 2.45) is 0 Å². The van der Waals surface area contributed by atoms with Gasteiger partial charge in [-0.2, -0.15) is 0 Å². The molecule has 0 N–H and O–H groups in total. The van der Waals surface area contributed by atoms with Crippen molar-refractivity contribution in [3.05, 3.63) is 0 Å². The minimum atomic E-state index is -2.15. The lowest BCUT2D eigenvalue weighted by Gasteiger charge is -2.38.